The Morgan fingerprint density at radius 1 is 1.15 bits per heavy atom. The summed E-state index contributed by atoms with van der Waals surface area (Å²) in [5.74, 6) is -1.56. The quantitative estimate of drug-likeness (QED) is 0.387. The molecule has 11 nitrogen and oxygen atoms in total. The number of anilines is 1. The maximum atomic E-state index is 14.0. The molecule has 5 rings (SSSR count). The minimum absolute atomic E-state index is 0.0236. The first-order valence-electron chi connectivity index (χ1n) is 13.3. The van der Waals surface area contributed by atoms with Crippen LogP contribution >= 0.6 is 0 Å². The van der Waals surface area contributed by atoms with Gasteiger partial charge in [-0.05, 0) is 36.5 Å². The number of aryl methyl sites for hydroxylation is 2. The smallest absolute Gasteiger partial charge is 0.488 e. The molecule has 0 bridgehead atoms. The van der Waals surface area contributed by atoms with E-state index in [-0.39, 0.29) is 22.8 Å². The van der Waals surface area contributed by atoms with Crippen molar-refractivity contribution in [1.29, 1.82) is 0 Å². The SMILES string of the molecule is CC(C)CCn1c(N2CCC3=C2CNC3)nc2c1c(=O)n(C(COc1ccccc1)OC(=O)C(F)(F)F)c(=O)n2C. The van der Waals surface area contributed by atoms with Crippen molar-refractivity contribution in [2.45, 2.75) is 45.6 Å². The lowest BCUT2D eigenvalue weighted by atomic mass is 10.1. The van der Waals surface area contributed by atoms with E-state index < -0.39 is 36.2 Å². The first-order chi connectivity index (χ1) is 19.5. The van der Waals surface area contributed by atoms with Gasteiger partial charge >= 0.3 is 17.8 Å². The van der Waals surface area contributed by atoms with Gasteiger partial charge in [0.2, 0.25) is 12.2 Å². The Balaban J connectivity index is 1.66. The van der Waals surface area contributed by atoms with Crippen molar-refractivity contribution in [2.75, 3.05) is 31.1 Å². The van der Waals surface area contributed by atoms with Crippen molar-refractivity contribution in [3.63, 3.8) is 0 Å². The molecule has 0 fully saturated rings. The monoisotopic (exact) mass is 576 g/mol. The van der Waals surface area contributed by atoms with Gasteiger partial charge in [0, 0.05) is 38.9 Å². The number of nitrogens with one attached hydrogen (secondary N) is 1. The number of halogens is 3. The molecule has 2 aromatic heterocycles. The second-order valence-corrected chi connectivity index (χ2v) is 10.5. The molecule has 14 heteroatoms. The summed E-state index contributed by atoms with van der Waals surface area (Å²) in [6, 6.07) is 8.06. The van der Waals surface area contributed by atoms with E-state index in [0.717, 1.165) is 23.2 Å². The highest BCUT2D eigenvalue weighted by Crippen LogP contribution is 2.32. The molecule has 2 aliphatic rings. The van der Waals surface area contributed by atoms with Gasteiger partial charge < -0.3 is 24.3 Å². The van der Waals surface area contributed by atoms with E-state index in [0.29, 0.717) is 36.6 Å². The number of alkyl halides is 3. The number of fused-ring (bicyclic) bond motifs is 1. The van der Waals surface area contributed by atoms with Gasteiger partial charge in [0.25, 0.3) is 5.56 Å². The largest absolute Gasteiger partial charge is 0.491 e. The Kier molecular flexibility index (Phi) is 7.68. The van der Waals surface area contributed by atoms with Gasteiger partial charge in [0.05, 0.1) is 0 Å². The maximum Gasteiger partial charge on any atom is 0.491 e. The average molecular weight is 577 g/mol. The third kappa shape index (κ3) is 5.47. The lowest BCUT2D eigenvalue weighted by Crippen LogP contribution is -2.46. The van der Waals surface area contributed by atoms with E-state index in [2.05, 4.69) is 5.32 Å². The third-order valence-electron chi connectivity index (χ3n) is 7.23. The Labute approximate surface area is 232 Å². The predicted molar refractivity (Wildman–Crippen MR) is 144 cm³/mol. The summed E-state index contributed by atoms with van der Waals surface area (Å²) >= 11 is 0. The molecule has 1 N–H and O–H groups in total. The topological polar surface area (TPSA) is 113 Å². The molecule has 0 saturated heterocycles. The number of para-hydroxylation sites is 1. The van der Waals surface area contributed by atoms with Crippen LogP contribution in [0.5, 0.6) is 5.75 Å². The van der Waals surface area contributed by atoms with Gasteiger partial charge in [-0.1, -0.05) is 32.0 Å². The van der Waals surface area contributed by atoms with Crippen molar-refractivity contribution in [3.8, 4) is 5.75 Å². The van der Waals surface area contributed by atoms with Crippen LogP contribution in [-0.2, 0) is 23.1 Å². The summed E-state index contributed by atoms with van der Waals surface area (Å²) < 4.78 is 53.2. The van der Waals surface area contributed by atoms with E-state index in [4.69, 9.17) is 14.5 Å². The number of benzene rings is 1. The van der Waals surface area contributed by atoms with Gasteiger partial charge in [0.15, 0.2) is 11.2 Å². The summed E-state index contributed by atoms with van der Waals surface area (Å²) in [5, 5.41) is 3.31. The summed E-state index contributed by atoms with van der Waals surface area (Å²) in [4.78, 5) is 46.1. The van der Waals surface area contributed by atoms with Gasteiger partial charge in [-0.2, -0.15) is 18.2 Å². The van der Waals surface area contributed by atoms with Gasteiger partial charge in [0.1, 0.15) is 12.4 Å². The van der Waals surface area contributed by atoms with Crippen molar-refractivity contribution < 1.29 is 27.4 Å². The van der Waals surface area contributed by atoms with Crippen molar-refractivity contribution in [1.82, 2.24) is 24.0 Å². The third-order valence-corrected chi connectivity index (χ3v) is 7.23. The Morgan fingerprint density at radius 2 is 1.88 bits per heavy atom. The second kappa shape index (κ2) is 11.1. The van der Waals surface area contributed by atoms with E-state index >= 15 is 0 Å². The fraction of sp³-hybridized carbons (Fsp3) is 0.481. The predicted octanol–water partition coefficient (Wildman–Crippen LogP) is 2.69. The zero-order valence-corrected chi connectivity index (χ0v) is 22.9. The van der Waals surface area contributed by atoms with Crippen LogP contribution in [-0.4, -0.2) is 57.1 Å². The minimum Gasteiger partial charge on any atom is -0.488 e. The number of carbonyl (C=O) groups is 1. The van der Waals surface area contributed by atoms with Crippen LogP contribution in [0.4, 0.5) is 19.1 Å². The number of nitrogens with zero attached hydrogens (tertiary/aromatic N) is 5. The van der Waals surface area contributed by atoms with Gasteiger partial charge in [-0.15, -0.1) is 0 Å². The zero-order chi connectivity index (χ0) is 29.5. The molecule has 220 valence electrons. The van der Waals surface area contributed by atoms with E-state index in [1.807, 2.05) is 18.7 Å². The van der Waals surface area contributed by atoms with Crippen molar-refractivity contribution in [2.24, 2.45) is 13.0 Å². The highest BCUT2D eigenvalue weighted by Gasteiger charge is 2.43. The fourth-order valence-electron chi connectivity index (χ4n) is 5.10. The van der Waals surface area contributed by atoms with Crippen LogP contribution < -0.4 is 26.2 Å². The average Bonchev–Trinajstić information content (AvgIpc) is 3.64. The van der Waals surface area contributed by atoms with Gasteiger partial charge in [-0.25, -0.2) is 14.2 Å². The molecular weight excluding hydrogens is 545 g/mol. The second-order valence-electron chi connectivity index (χ2n) is 10.5. The lowest BCUT2D eigenvalue weighted by molar-refractivity contribution is -0.211. The molecule has 0 aliphatic carbocycles. The number of aromatic nitrogens is 4. The summed E-state index contributed by atoms with van der Waals surface area (Å²) in [5.41, 5.74) is 0.485. The molecule has 0 amide bonds. The Morgan fingerprint density at radius 3 is 2.56 bits per heavy atom. The van der Waals surface area contributed by atoms with Crippen LogP contribution in [0.3, 0.4) is 0 Å². The molecule has 4 heterocycles. The first kappa shape index (κ1) is 28.5. The van der Waals surface area contributed by atoms with Crippen LogP contribution in [0.15, 0.2) is 51.2 Å². The summed E-state index contributed by atoms with van der Waals surface area (Å²) in [6.45, 7) is 5.76. The molecule has 0 spiro atoms. The molecule has 1 unspecified atom stereocenters. The zero-order valence-electron chi connectivity index (χ0n) is 22.9. The standard InChI is InChI=1S/C27H31F3N6O5/c1-16(2)9-11-35-21-22(32-25(35)34-12-10-17-13-31-14-19(17)34)33(3)26(39)36(23(21)37)20(41-24(38)27(28,29)30)15-40-18-7-5-4-6-8-18/h4-8,16,20,31H,9-15H2,1-3H3. The number of esters is 1. The van der Waals surface area contributed by atoms with E-state index in [1.165, 1.54) is 24.8 Å². The van der Waals surface area contributed by atoms with Crippen molar-refractivity contribution >= 4 is 23.1 Å². The molecule has 1 aromatic carbocycles. The molecule has 3 aromatic rings. The minimum atomic E-state index is -5.35. The summed E-state index contributed by atoms with van der Waals surface area (Å²) in [6.07, 6.45) is -5.86. The number of carbonyl (C=O) groups excluding carboxylic acids is 1. The Hall–Kier alpha value is -4.07. The van der Waals surface area contributed by atoms with Crippen LogP contribution in [0.25, 0.3) is 11.2 Å². The van der Waals surface area contributed by atoms with Crippen molar-refractivity contribution in [3.05, 3.63) is 62.4 Å². The van der Waals surface area contributed by atoms with Crippen LogP contribution in [0.1, 0.15) is 32.9 Å². The van der Waals surface area contributed by atoms with E-state index in [1.54, 1.807) is 22.8 Å². The maximum absolute atomic E-state index is 14.0. The molecular formula is C27H31F3N6O5. The molecule has 1 atom stereocenters. The van der Waals surface area contributed by atoms with Crippen LogP contribution in [0.2, 0.25) is 0 Å². The molecule has 2 aliphatic heterocycles. The number of imidazole rings is 1. The highest BCUT2D eigenvalue weighted by molar-refractivity contribution is 5.76. The summed E-state index contributed by atoms with van der Waals surface area (Å²) in [7, 11) is 1.37. The highest BCUT2D eigenvalue weighted by atomic mass is 19.4. The Bertz CT molecular complexity index is 1610. The van der Waals surface area contributed by atoms with Crippen LogP contribution in [0, 0.1) is 5.92 Å². The number of hydrogen-bond acceptors (Lipinski definition) is 8. The normalized spacial score (nSPS) is 16.1. The number of rotatable bonds is 9. The van der Waals surface area contributed by atoms with Gasteiger partial charge in [-0.3, -0.25) is 9.36 Å². The fourth-order valence-corrected chi connectivity index (χ4v) is 5.10. The first-order valence-corrected chi connectivity index (χ1v) is 13.3. The van der Waals surface area contributed by atoms with E-state index in [9.17, 15) is 27.6 Å². The molecule has 41 heavy (non-hydrogen) atoms. The molecule has 0 saturated carbocycles. The lowest BCUT2D eigenvalue weighted by Gasteiger charge is -2.23. The number of ether oxygens (including phenoxy) is 2. The molecule has 0 radical (unpaired) electrons. The number of hydrogen-bond donors (Lipinski definition) is 1.